The molecule has 1 aliphatic carbocycles. The molecule has 1 saturated carbocycles. The van der Waals surface area contributed by atoms with Crippen LogP contribution in [0, 0.1) is 6.42 Å². The molecule has 1 nitrogen and oxygen atoms in total. The standard InChI is InChI=1S/C9H17O/c1-2-10-9-7-5-3-4-6-8-9/h5,9H,2-4,6-8H2,1H3. The van der Waals surface area contributed by atoms with E-state index in [-0.39, 0.29) is 0 Å². The lowest BCUT2D eigenvalue weighted by atomic mass is 10.2. The van der Waals surface area contributed by atoms with Crippen molar-refractivity contribution in [3.63, 3.8) is 0 Å². The molecule has 0 amide bonds. The maximum atomic E-state index is 5.53. The van der Waals surface area contributed by atoms with Gasteiger partial charge < -0.3 is 4.74 Å². The van der Waals surface area contributed by atoms with Crippen LogP contribution in [0.1, 0.15) is 39.0 Å². The molecule has 59 valence electrons. The van der Waals surface area contributed by atoms with Gasteiger partial charge in [0.15, 0.2) is 0 Å². The van der Waals surface area contributed by atoms with Gasteiger partial charge in [-0.25, -0.2) is 0 Å². The van der Waals surface area contributed by atoms with Gasteiger partial charge in [-0.2, -0.15) is 0 Å². The van der Waals surface area contributed by atoms with Gasteiger partial charge in [0.2, 0.25) is 0 Å². The Balaban J connectivity index is 2.15. The molecule has 0 aromatic carbocycles. The van der Waals surface area contributed by atoms with Gasteiger partial charge in [0.05, 0.1) is 6.10 Å². The minimum atomic E-state index is 0.535. The first kappa shape index (κ1) is 8.06. The summed E-state index contributed by atoms with van der Waals surface area (Å²) in [5, 5.41) is 0. The zero-order chi connectivity index (χ0) is 7.23. The molecular weight excluding hydrogens is 124 g/mol. The summed E-state index contributed by atoms with van der Waals surface area (Å²) >= 11 is 0. The summed E-state index contributed by atoms with van der Waals surface area (Å²) in [6, 6.07) is 0. The lowest BCUT2D eigenvalue weighted by Gasteiger charge is -2.12. The molecule has 0 heterocycles. The Kier molecular flexibility index (Phi) is 3.81. The molecule has 1 unspecified atom stereocenters. The summed E-state index contributed by atoms with van der Waals surface area (Å²) in [7, 11) is 0. The highest BCUT2D eigenvalue weighted by Gasteiger charge is 2.10. The first-order chi connectivity index (χ1) is 4.93. The lowest BCUT2D eigenvalue weighted by Crippen LogP contribution is -2.10. The van der Waals surface area contributed by atoms with Crippen LogP contribution in [0.5, 0.6) is 0 Å². The number of hydrogen-bond donors (Lipinski definition) is 0. The fraction of sp³-hybridized carbons (Fsp3) is 0.889. The van der Waals surface area contributed by atoms with Crippen molar-refractivity contribution in [3.8, 4) is 0 Å². The van der Waals surface area contributed by atoms with Crippen LogP contribution in [0.25, 0.3) is 0 Å². The molecule has 1 radical (unpaired) electrons. The molecule has 1 atom stereocenters. The summed E-state index contributed by atoms with van der Waals surface area (Å²) in [5.74, 6) is 0. The van der Waals surface area contributed by atoms with Crippen LogP contribution in [0.15, 0.2) is 0 Å². The van der Waals surface area contributed by atoms with E-state index in [4.69, 9.17) is 4.74 Å². The highest BCUT2D eigenvalue weighted by molar-refractivity contribution is 4.75. The van der Waals surface area contributed by atoms with Crippen LogP contribution in [-0.4, -0.2) is 12.7 Å². The summed E-state index contributed by atoms with van der Waals surface area (Å²) in [5.41, 5.74) is 0. The van der Waals surface area contributed by atoms with E-state index in [0.717, 1.165) is 6.61 Å². The summed E-state index contributed by atoms with van der Waals surface area (Å²) in [6.45, 7) is 2.95. The van der Waals surface area contributed by atoms with Gasteiger partial charge in [-0.15, -0.1) is 0 Å². The first-order valence-electron chi connectivity index (χ1n) is 4.36. The van der Waals surface area contributed by atoms with Crippen molar-refractivity contribution in [2.24, 2.45) is 0 Å². The lowest BCUT2D eigenvalue weighted by molar-refractivity contribution is 0.0578. The molecule has 0 saturated heterocycles. The molecule has 0 bridgehead atoms. The highest BCUT2D eigenvalue weighted by Crippen LogP contribution is 2.18. The molecule has 1 rings (SSSR count). The van der Waals surface area contributed by atoms with E-state index in [1.807, 2.05) is 0 Å². The minimum absolute atomic E-state index is 0.535. The number of ether oxygens (including phenoxy) is 1. The monoisotopic (exact) mass is 141 g/mol. The molecule has 0 aromatic heterocycles. The van der Waals surface area contributed by atoms with Crippen LogP contribution in [0.2, 0.25) is 0 Å². The van der Waals surface area contributed by atoms with Gasteiger partial charge in [-0.1, -0.05) is 19.3 Å². The predicted molar refractivity (Wildman–Crippen MR) is 42.8 cm³/mol. The second-order valence-corrected chi connectivity index (χ2v) is 2.89. The maximum Gasteiger partial charge on any atom is 0.0577 e. The van der Waals surface area contributed by atoms with Gasteiger partial charge in [-0.05, 0) is 26.2 Å². The van der Waals surface area contributed by atoms with Crippen molar-refractivity contribution in [1.82, 2.24) is 0 Å². The average Bonchev–Trinajstić information content (AvgIpc) is 2.17. The third kappa shape index (κ3) is 2.70. The maximum absolute atomic E-state index is 5.53. The SMILES string of the molecule is CCOC1C[CH]CCCC1. The molecular formula is C9H17O. The van der Waals surface area contributed by atoms with E-state index in [2.05, 4.69) is 13.3 Å². The fourth-order valence-corrected chi connectivity index (χ4v) is 1.47. The van der Waals surface area contributed by atoms with Gasteiger partial charge in [0, 0.05) is 6.61 Å². The second kappa shape index (κ2) is 4.73. The van der Waals surface area contributed by atoms with E-state index in [1.54, 1.807) is 0 Å². The fourth-order valence-electron chi connectivity index (χ4n) is 1.47. The third-order valence-electron chi connectivity index (χ3n) is 2.02. The Morgan fingerprint density at radius 2 is 2.40 bits per heavy atom. The Morgan fingerprint density at radius 3 is 3.20 bits per heavy atom. The van der Waals surface area contributed by atoms with Crippen LogP contribution in [0.4, 0.5) is 0 Å². The van der Waals surface area contributed by atoms with E-state index in [1.165, 1.54) is 32.1 Å². The Labute approximate surface area is 63.8 Å². The van der Waals surface area contributed by atoms with Gasteiger partial charge in [-0.3, -0.25) is 0 Å². The highest BCUT2D eigenvalue weighted by atomic mass is 16.5. The van der Waals surface area contributed by atoms with Crippen molar-refractivity contribution < 1.29 is 4.74 Å². The number of rotatable bonds is 2. The molecule has 0 N–H and O–H groups in total. The Hall–Kier alpha value is -0.0400. The summed E-state index contributed by atoms with van der Waals surface area (Å²) in [6.07, 6.45) is 9.35. The van der Waals surface area contributed by atoms with Crippen molar-refractivity contribution in [2.45, 2.75) is 45.1 Å². The van der Waals surface area contributed by atoms with E-state index >= 15 is 0 Å². The summed E-state index contributed by atoms with van der Waals surface area (Å²) < 4.78 is 5.53. The second-order valence-electron chi connectivity index (χ2n) is 2.89. The molecule has 0 spiro atoms. The third-order valence-corrected chi connectivity index (χ3v) is 2.02. The number of hydrogen-bond acceptors (Lipinski definition) is 1. The molecule has 0 aromatic rings. The molecule has 1 heteroatoms. The molecule has 0 aliphatic heterocycles. The molecule has 1 aliphatic rings. The Morgan fingerprint density at radius 1 is 1.50 bits per heavy atom. The molecule has 10 heavy (non-hydrogen) atoms. The first-order valence-corrected chi connectivity index (χ1v) is 4.36. The zero-order valence-electron chi connectivity index (χ0n) is 6.81. The van der Waals surface area contributed by atoms with Crippen molar-refractivity contribution >= 4 is 0 Å². The normalized spacial score (nSPS) is 22.5. The minimum Gasteiger partial charge on any atom is -0.378 e. The smallest absolute Gasteiger partial charge is 0.0577 e. The van der Waals surface area contributed by atoms with Gasteiger partial charge >= 0.3 is 0 Å². The topological polar surface area (TPSA) is 9.23 Å². The quantitative estimate of drug-likeness (QED) is 0.537. The summed E-state index contributed by atoms with van der Waals surface area (Å²) in [4.78, 5) is 0. The van der Waals surface area contributed by atoms with E-state index in [0.29, 0.717) is 6.10 Å². The Bertz CT molecular complexity index is 72.8. The van der Waals surface area contributed by atoms with Crippen LogP contribution >= 0.6 is 0 Å². The van der Waals surface area contributed by atoms with Crippen LogP contribution in [-0.2, 0) is 4.74 Å². The predicted octanol–water partition coefficient (Wildman–Crippen LogP) is 2.56. The van der Waals surface area contributed by atoms with Crippen LogP contribution in [0.3, 0.4) is 0 Å². The zero-order valence-corrected chi connectivity index (χ0v) is 6.81. The molecule has 1 fully saturated rings. The van der Waals surface area contributed by atoms with Crippen molar-refractivity contribution in [1.29, 1.82) is 0 Å². The van der Waals surface area contributed by atoms with E-state index in [9.17, 15) is 0 Å². The van der Waals surface area contributed by atoms with E-state index < -0.39 is 0 Å². The average molecular weight is 141 g/mol. The van der Waals surface area contributed by atoms with Crippen LogP contribution < -0.4 is 0 Å². The largest absolute Gasteiger partial charge is 0.378 e. The van der Waals surface area contributed by atoms with Crippen molar-refractivity contribution in [3.05, 3.63) is 6.42 Å². The van der Waals surface area contributed by atoms with Gasteiger partial charge in [0.1, 0.15) is 0 Å². The van der Waals surface area contributed by atoms with Gasteiger partial charge in [0.25, 0.3) is 0 Å². The van der Waals surface area contributed by atoms with Crippen molar-refractivity contribution in [2.75, 3.05) is 6.61 Å².